The van der Waals surface area contributed by atoms with Crippen LogP contribution in [0.4, 0.5) is 0 Å². The first-order valence-electron chi connectivity index (χ1n) is 7.59. The van der Waals surface area contributed by atoms with Gasteiger partial charge in [0.1, 0.15) is 12.6 Å². The highest BCUT2D eigenvalue weighted by molar-refractivity contribution is 6.65. The van der Waals surface area contributed by atoms with Crippen LogP contribution in [0.5, 0.6) is 5.88 Å². The molecular formula is C18H18ClN3O2. The minimum atomic E-state index is -0.514. The Morgan fingerprint density at radius 2 is 2.12 bits per heavy atom. The molecule has 1 aromatic carbocycles. The zero-order valence-corrected chi connectivity index (χ0v) is 14.2. The zero-order chi connectivity index (χ0) is 17.1. The summed E-state index contributed by atoms with van der Waals surface area (Å²) in [6, 6.07) is 11.3. The summed E-state index contributed by atoms with van der Waals surface area (Å²) in [5, 5.41) is 1.34. The highest BCUT2D eigenvalue weighted by atomic mass is 35.5. The Hall–Kier alpha value is -2.37. The van der Waals surface area contributed by atoms with Crippen molar-refractivity contribution in [1.29, 1.82) is 0 Å². The van der Waals surface area contributed by atoms with Crippen LogP contribution in [0.2, 0.25) is 0 Å². The quantitative estimate of drug-likeness (QED) is 0.846. The predicted octanol–water partition coefficient (Wildman–Crippen LogP) is 2.89. The number of hydrogen-bond donors (Lipinski definition) is 1. The second kappa shape index (κ2) is 7.03. The van der Waals surface area contributed by atoms with Crippen LogP contribution in [-0.4, -0.2) is 28.3 Å². The van der Waals surface area contributed by atoms with Gasteiger partial charge in [-0.15, -0.1) is 0 Å². The zero-order valence-electron chi connectivity index (χ0n) is 13.5. The number of carbonyl (C=O) groups excluding carboxylic acids is 1. The second-order valence-corrected chi connectivity index (χ2v) is 6.01. The molecule has 0 spiro atoms. The molecule has 2 heterocycles. The van der Waals surface area contributed by atoms with Gasteiger partial charge in [0.15, 0.2) is 0 Å². The van der Waals surface area contributed by atoms with Crippen LogP contribution in [0, 0.1) is 6.92 Å². The predicted molar refractivity (Wildman–Crippen MR) is 93.3 cm³/mol. The number of benzene rings is 1. The highest BCUT2D eigenvalue weighted by Gasteiger charge is 2.26. The van der Waals surface area contributed by atoms with Crippen LogP contribution in [0.1, 0.15) is 16.7 Å². The second-order valence-electron chi connectivity index (χ2n) is 5.63. The van der Waals surface area contributed by atoms with E-state index in [1.54, 1.807) is 17.3 Å². The fraction of sp³-hybridized carbons (Fsp3) is 0.222. The van der Waals surface area contributed by atoms with Crippen molar-refractivity contribution in [3.63, 3.8) is 0 Å². The third-order valence-corrected chi connectivity index (χ3v) is 4.09. The number of carbonyl (C=O) groups is 1. The number of hydrazine groups is 1. The number of hydrogen-bond acceptors (Lipinski definition) is 5. The molecule has 0 radical (unpaired) electrons. The summed E-state index contributed by atoms with van der Waals surface area (Å²) in [5.74, 6) is 0.569. The van der Waals surface area contributed by atoms with E-state index in [0.29, 0.717) is 12.5 Å². The van der Waals surface area contributed by atoms with Gasteiger partial charge >= 0.3 is 0 Å². The Bertz CT molecular complexity index is 777. The fourth-order valence-corrected chi connectivity index (χ4v) is 2.69. The monoisotopic (exact) mass is 343 g/mol. The van der Waals surface area contributed by atoms with E-state index < -0.39 is 11.3 Å². The molecule has 0 saturated heterocycles. The summed E-state index contributed by atoms with van der Waals surface area (Å²) in [6.45, 7) is 2.45. The summed E-state index contributed by atoms with van der Waals surface area (Å²) >= 11 is 5.56. The van der Waals surface area contributed by atoms with Gasteiger partial charge in [-0.2, -0.15) is 0 Å². The van der Waals surface area contributed by atoms with E-state index in [9.17, 15) is 4.79 Å². The minimum Gasteiger partial charge on any atom is -0.473 e. The van der Waals surface area contributed by atoms with Gasteiger partial charge in [-0.3, -0.25) is 4.79 Å². The molecule has 1 unspecified atom stereocenters. The first-order valence-corrected chi connectivity index (χ1v) is 7.97. The van der Waals surface area contributed by atoms with Crippen molar-refractivity contribution in [2.45, 2.75) is 19.6 Å². The summed E-state index contributed by atoms with van der Waals surface area (Å²) in [4.78, 5) is 15.7. The Morgan fingerprint density at radius 1 is 1.38 bits per heavy atom. The lowest BCUT2D eigenvalue weighted by molar-refractivity contribution is -0.112. The van der Waals surface area contributed by atoms with E-state index >= 15 is 0 Å². The van der Waals surface area contributed by atoms with Crippen molar-refractivity contribution < 1.29 is 9.53 Å². The van der Waals surface area contributed by atoms with E-state index in [2.05, 4.69) is 10.4 Å². The number of aryl methyl sites for hydroxylation is 1. The Kier molecular flexibility index (Phi) is 4.83. The topological polar surface area (TPSA) is 54.5 Å². The number of nitrogens with one attached hydrogen (secondary N) is 1. The molecule has 1 aliphatic rings. The molecule has 0 bridgehead atoms. The lowest BCUT2D eigenvalue weighted by Crippen LogP contribution is -2.36. The van der Waals surface area contributed by atoms with Crippen LogP contribution in [0.15, 0.2) is 48.7 Å². The number of aromatic nitrogens is 1. The van der Waals surface area contributed by atoms with E-state index in [1.165, 1.54) is 0 Å². The third kappa shape index (κ3) is 3.58. The van der Waals surface area contributed by atoms with Crippen molar-refractivity contribution >= 4 is 22.5 Å². The van der Waals surface area contributed by atoms with E-state index in [-0.39, 0.29) is 0 Å². The Labute approximate surface area is 145 Å². The molecule has 124 valence electrons. The standard InChI is InChI=1S/C18H18ClN3O2/c1-12-8-17(24-11-13-6-4-3-5-7-13)20-10-14(12)16-9-15(18(19)23)21-22(16)2/h3-10,15,21H,11H2,1-2H3. The maximum atomic E-state index is 11.3. The number of ether oxygens (including phenoxy) is 1. The van der Waals surface area contributed by atoms with Gasteiger partial charge in [-0.1, -0.05) is 30.3 Å². The summed E-state index contributed by atoms with van der Waals surface area (Å²) in [7, 11) is 1.84. The van der Waals surface area contributed by atoms with Crippen LogP contribution < -0.4 is 10.2 Å². The SMILES string of the molecule is Cc1cc(OCc2ccccc2)ncc1C1=CC(C(=O)Cl)NN1C. The van der Waals surface area contributed by atoms with Crippen molar-refractivity contribution in [3.05, 3.63) is 65.4 Å². The Morgan fingerprint density at radius 3 is 2.75 bits per heavy atom. The molecule has 0 aliphatic carbocycles. The van der Waals surface area contributed by atoms with Crippen LogP contribution in [0.25, 0.3) is 5.70 Å². The van der Waals surface area contributed by atoms with Crippen molar-refractivity contribution in [2.24, 2.45) is 0 Å². The molecule has 2 aromatic rings. The molecule has 5 nitrogen and oxygen atoms in total. The van der Waals surface area contributed by atoms with Gasteiger partial charge in [-0.05, 0) is 35.7 Å². The van der Waals surface area contributed by atoms with Gasteiger partial charge in [0.25, 0.3) is 0 Å². The molecule has 24 heavy (non-hydrogen) atoms. The number of nitrogens with zero attached hydrogens (tertiary/aromatic N) is 2. The summed E-state index contributed by atoms with van der Waals surface area (Å²) in [6.07, 6.45) is 3.55. The molecule has 0 amide bonds. The molecule has 1 atom stereocenters. The number of rotatable bonds is 5. The van der Waals surface area contributed by atoms with Crippen LogP contribution in [-0.2, 0) is 11.4 Å². The first-order chi connectivity index (χ1) is 11.5. The molecular weight excluding hydrogens is 326 g/mol. The van der Waals surface area contributed by atoms with Gasteiger partial charge in [0.2, 0.25) is 11.1 Å². The smallest absolute Gasteiger partial charge is 0.244 e. The lowest BCUT2D eigenvalue weighted by atomic mass is 10.1. The Balaban J connectivity index is 1.75. The van der Waals surface area contributed by atoms with E-state index in [1.807, 2.05) is 50.4 Å². The lowest BCUT2D eigenvalue weighted by Gasteiger charge is -2.19. The van der Waals surface area contributed by atoms with Crippen molar-refractivity contribution in [1.82, 2.24) is 15.4 Å². The van der Waals surface area contributed by atoms with Gasteiger partial charge < -0.3 is 9.75 Å². The third-order valence-electron chi connectivity index (χ3n) is 3.85. The minimum absolute atomic E-state index is 0.440. The highest BCUT2D eigenvalue weighted by Crippen LogP contribution is 2.27. The molecule has 0 saturated carbocycles. The molecule has 1 N–H and O–H groups in total. The number of halogens is 1. The van der Waals surface area contributed by atoms with Gasteiger partial charge in [0.05, 0.1) is 5.70 Å². The molecule has 1 aliphatic heterocycles. The van der Waals surface area contributed by atoms with E-state index in [4.69, 9.17) is 16.3 Å². The fourth-order valence-electron chi connectivity index (χ4n) is 2.58. The average Bonchev–Trinajstić information content (AvgIpc) is 2.96. The van der Waals surface area contributed by atoms with Crippen molar-refractivity contribution in [3.8, 4) is 5.88 Å². The van der Waals surface area contributed by atoms with Gasteiger partial charge in [-0.25, -0.2) is 10.4 Å². The molecule has 6 heteroatoms. The maximum Gasteiger partial charge on any atom is 0.244 e. The number of pyridine rings is 1. The summed E-state index contributed by atoms with van der Waals surface area (Å²) < 4.78 is 5.74. The normalized spacial score (nSPS) is 16.9. The molecule has 3 rings (SSSR count). The van der Waals surface area contributed by atoms with Crippen LogP contribution >= 0.6 is 11.6 Å². The molecule has 1 aromatic heterocycles. The maximum absolute atomic E-state index is 11.3. The van der Waals surface area contributed by atoms with E-state index in [0.717, 1.165) is 22.4 Å². The van der Waals surface area contributed by atoms with Crippen LogP contribution in [0.3, 0.4) is 0 Å². The molecule has 0 fully saturated rings. The largest absolute Gasteiger partial charge is 0.473 e. The van der Waals surface area contributed by atoms with Crippen molar-refractivity contribution in [2.75, 3.05) is 7.05 Å². The first kappa shape index (κ1) is 16.5. The van der Waals surface area contributed by atoms with Gasteiger partial charge in [0, 0.05) is 24.9 Å². The summed E-state index contributed by atoms with van der Waals surface area (Å²) in [5.41, 5.74) is 6.89. The average molecular weight is 344 g/mol.